The Bertz CT molecular complexity index is 2940. The summed E-state index contributed by atoms with van der Waals surface area (Å²) in [5.41, 5.74) is 1.39. The molecule has 6 aromatic rings. The molecule has 7 atom stereocenters. The van der Waals surface area contributed by atoms with Crippen LogP contribution in [-0.4, -0.2) is 108 Å². The van der Waals surface area contributed by atoms with Gasteiger partial charge < -0.3 is 43.2 Å². The van der Waals surface area contributed by atoms with Crippen molar-refractivity contribution in [2.45, 2.75) is 134 Å². The molecule has 0 radical (unpaired) electrons. The van der Waals surface area contributed by atoms with E-state index in [1.54, 1.807) is 40.0 Å². The second-order valence-electron chi connectivity index (χ2n) is 23.1. The standard InChI is InChI=1S/C64H77N3O11Si2/c1-44(77-79(62(2,3)4,49-29-19-13-20-30-49)50-31-21-14-22-32-50)54(60(70)73-11)65-59(69)55(57-56(75-64(8,9)76-57)46-37-39-47(72-10)40-38-46)66-58(68)53-41-48(42-67(53)61(71)74-43-45-27-17-12-18-28-45)78-80(63(5,6)7,51-33-23-15-24-34-51)52-35-25-16-26-36-52/h12-40,44,48,53-57H,41-43H2,1-11H3,(H,65,69)(H,66,68)/t44-,48-,53+,54+,55+,56+,57+/m1/s1. The van der Waals surface area contributed by atoms with Crippen LogP contribution in [0.3, 0.4) is 0 Å². The molecule has 2 heterocycles. The summed E-state index contributed by atoms with van der Waals surface area (Å²) in [7, 11) is -3.76. The number of nitrogens with one attached hydrogen (secondary N) is 2. The quantitative estimate of drug-likeness (QED) is 0.0593. The fourth-order valence-electron chi connectivity index (χ4n) is 11.5. The average molecular weight is 1120 g/mol. The van der Waals surface area contributed by atoms with Crippen molar-refractivity contribution in [2.24, 2.45) is 0 Å². The molecule has 0 aromatic heterocycles. The predicted octanol–water partition coefficient (Wildman–Crippen LogP) is 8.35. The van der Waals surface area contributed by atoms with E-state index in [2.05, 4.69) is 76.4 Å². The molecule has 0 saturated carbocycles. The van der Waals surface area contributed by atoms with Gasteiger partial charge in [-0.3, -0.25) is 14.5 Å². The van der Waals surface area contributed by atoms with E-state index in [1.165, 1.54) is 12.0 Å². The molecule has 2 saturated heterocycles. The van der Waals surface area contributed by atoms with E-state index in [1.807, 2.05) is 140 Å². The summed E-state index contributed by atoms with van der Waals surface area (Å²) in [6, 6.07) is 52.5. The minimum Gasteiger partial charge on any atom is -0.497 e. The maximum Gasteiger partial charge on any atom is 0.410 e. The molecule has 8 rings (SSSR count). The fraction of sp³-hybridized carbons (Fsp3) is 0.375. The Kier molecular flexibility index (Phi) is 18.4. The zero-order valence-electron chi connectivity index (χ0n) is 47.8. The molecule has 2 N–H and O–H groups in total. The zero-order valence-corrected chi connectivity index (χ0v) is 49.8. The van der Waals surface area contributed by atoms with Gasteiger partial charge >= 0.3 is 12.1 Å². The summed E-state index contributed by atoms with van der Waals surface area (Å²) in [6.07, 6.45) is -4.48. The summed E-state index contributed by atoms with van der Waals surface area (Å²) in [6.45, 7) is 18.0. The lowest BCUT2D eigenvalue weighted by molar-refractivity contribution is -0.155. The molecule has 0 unspecified atom stereocenters. The summed E-state index contributed by atoms with van der Waals surface area (Å²) in [5.74, 6) is -2.90. The third-order valence-electron chi connectivity index (χ3n) is 15.2. The third kappa shape index (κ3) is 12.7. The van der Waals surface area contributed by atoms with Crippen molar-refractivity contribution in [1.29, 1.82) is 0 Å². The second-order valence-corrected chi connectivity index (χ2v) is 31.6. The lowest BCUT2D eigenvalue weighted by Gasteiger charge is -2.45. The molecule has 80 heavy (non-hydrogen) atoms. The Labute approximate surface area is 473 Å². The molecular weight excluding hydrogens is 1040 g/mol. The summed E-state index contributed by atoms with van der Waals surface area (Å²) < 4.78 is 45.2. The van der Waals surface area contributed by atoms with E-state index in [-0.39, 0.29) is 19.6 Å². The summed E-state index contributed by atoms with van der Waals surface area (Å²) >= 11 is 0. The molecule has 422 valence electrons. The van der Waals surface area contributed by atoms with Gasteiger partial charge in [0.25, 0.3) is 16.6 Å². The monoisotopic (exact) mass is 1120 g/mol. The number of benzene rings is 6. The fourth-order valence-corrected chi connectivity index (χ4v) is 20.9. The first-order chi connectivity index (χ1) is 38.1. The minimum absolute atomic E-state index is 0.000866. The van der Waals surface area contributed by atoms with Gasteiger partial charge in [0, 0.05) is 13.0 Å². The van der Waals surface area contributed by atoms with Crippen LogP contribution in [0.5, 0.6) is 5.75 Å². The van der Waals surface area contributed by atoms with Crippen LogP contribution >= 0.6 is 0 Å². The molecule has 2 aliphatic rings. The van der Waals surface area contributed by atoms with Crippen LogP contribution in [0.2, 0.25) is 10.1 Å². The maximum absolute atomic E-state index is 15.7. The van der Waals surface area contributed by atoms with E-state index in [0.29, 0.717) is 11.3 Å². The van der Waals surface area contributed by atoms with Crippen molar-refractivity contribution < 1.29 is 51.7 Å². The number of rotatable bonds is 19. The Morgan fingerprint density at radius 2 is 1.12 bits per heavy atom. The first-order valence-corrected chi connectivity index (χ1v) is 31.2. The molecule has 2 aliphatic heterocycles. The number of carbonyl (C=O) groups is 4. The SMILES string of the molecule is COC(=O)[C@@H](NC(=O)[C@@H](NC(=O)[C@@H]1C[C@@H](O[Si](c2ccccc2)(c2ccccc2)C(C)(C)C)CN1C(=O)OCc1ccccc1)[C@@H]1OC(C)(C)O[C@H]1c1ccc(OC)cc1)[C@@H](C)O[Si](c1ccccc1)(c1ccccc1)C(C)(C)C. The smallest absolute Gasteiger partial charge is 0.410 e. The number of hydrogen-bond acceptors (Lipinski definition) is 11. The predicted molar refractivity (Wildman–Crippen MR) is 314 cm³/mol. The highest BCUT2D eigenvalue weighted by Crippen LogP contribution is 2.43. The van der Waals surface area contributed by atoms with Crippen LogP contribution < -0.4 is 36.1 Å². The highest BCUT2D eigenvalue weighted by atomic mass is 28.4. The number of ether oxygens (including phenoxy) is 5. The van der Waals surface area contributed by atoms with Gasteiger partial charge in [0.1, 0.15) is 36.6 Å². The van der Waals surface area contributed by atoms with Crippen molar-refractivity contribution in [3.05, 3.63) is 187 Å². The van der Waals surface area contributed by atoms with E-state index < -0.39 is 98.9 Å². The largest absolute Gasteiger partial charge is 0.497 e. The zero-order chi connectivity index (χ0) is 57.5. The van der Waals surface area contributed by atoms with Gasteiger partial charge in [0.15, 0.2) is 11.8 Å². The Morgan fingerprint density at radius 1 is 0.650 bits per heavy atom. The summed E-state index contributed by atoms with van der Waals surface area (Å²) in [4.78, 5) is 61.7. The molecule has 6 aromatic carbocycles. The van der Waals surface area contributed by atoms with Crippen LogP contribution in [-0.2, 0) is 48.8 Å². The van der Waals surface area contributed by atoms with Gasteiger partial charge in [-0.25, -0.2) is 9.59 Å². The third-order valence-corrected chi connectivity index (χ3v) is 25.5. The van der Waals surface area contributed by atoms with Crippen molar-refractivity contribution in [1.82, 2.24) is 15.5 Å². The highest BCUT2D eigenvalue weighted by molar-refractivity contribution is 7.00. The number of hydrogen-bond donors (Lipinski definition) is 2. The van der Waals surface area contributed by atoms with Gasteiger partial charge in [-0.15, -0.1) is 0 Å². The molecule has 16 heteroatoms. The Hall–Kier alpha value is -6.93. The molecule has 3 amide bonds. The average Bonchev–Trinajstić information content (AvgIpc) is 4.05. The first-order valence-electron chi connectivity index (χ1n) is 27.4. The van der Waals surface area contributed by atoms with Gasteiger partial charge in [-0.2, -0.15) is 0 Å². The van der Waals surface area contributed by atoms with Crippen molar-refractivity contribution in [3.8, 4) is 5.75 Å². The molecular formula is C64H77N3O11Si2. The van der Waals surface area contributed by atoms with Crippen molar-refractivity contribution in [3.63, 3.8) is 0 Å². The first kappa shape index (κ1) is 59.2. The normalized spacial score (nSPS) is 19.5. The number of amides is 3. The number of esters is 1. The number of likely N-dealkylation sites (tertiary alicyclic amines) is 1. The number of methoxy groups -OCH3 is 2. The number of nitrogens with zero attached hydrogens (tertiary/aromatic N) is 1. The van der Waals surface area contributed by atoms with Gasteiger partial charge in [0.05, 0.1) is 26.4 Å². The maximum atomic E-state index is 15.7. The second kappa shape index (κ2) is 24.8. The molecule has 0 bridgehead atoms. The van der Waals surface area contributed by atoms with E-state index in [4.69, 9.17) is 32.5 Å². The topological polar surface area (TPSA) is 160 Å². The summed E-state index contributed by atoms with van der Waals surface area (Å²) in [5, 5.41) is 9.11. The van der Waals surface area contributed by atoms with Crippen LogP contribution in [0, 0.1) is 0 Å². The van der Waals surface area contributed by atoms with Crippen LogP contribution in [0.4, 0.5) is 4.79 Å². The van der Waals surface area contributed by atoms with Crippen LogP contribution in [0.1, 0.15) is 86.0 Å². The minimum atomic E-state index is -3.33. The molecule has 14 nitrogen and oxygen atoms in total. The van der Waals surface area contributed by atoms with E-state index in [0.717, 1.165) is 26.3 Å². The van der Waals surface area contributed by atoms with E-state index >= 15 is 9.59 Å². The Morgan fingerprint density at radius 3 is 1.59 bits per heavy atom. The highest BCUT2D eigenvalue weighted by Gasteiger charge is 2.56. The molecule has 0 aliphatic carbocycles. The van der Waals surface area contributed by atoms with Crippen molar-refractivity contribution in [2.75, 3.05) is 20.8 Å². The molecule has 0 spiro atoms. The number of carbonyl (C=O) groups excluding carboxylic acids is 4. The van der Waals surface area contributed by atoms with Crippen LogP contribution in [0.15, 0.2) is 176 Å². The van der Waals surface area contributed by atoms with Gasteiger partial charge in [-0.1, -0.05) is 205 Å². The molecule has 2 fully saturated rings. The van der Waals surface area contributed by atoms with Crippen LogP contribution in [0.25, 0.3) is 0 Å². The van der Waals surface area contributed by atoms with Gasteiger partial charge in [-0.05, 0) is 74.9 Å². The van der Waals surface area contributed by atoms with E-state index in [9.17, 15) is 9.59 Å². The Balaban J connectivity index is 1.19. The lowest BCUT2D eigenvalue weighted by Crippen LogP contribution is -2.69. The van der Waals surface area contributed by atoms with Gasteiger partial charge in [0.2, 0.25) is 11.8 Å². The van der Waals surface area contributed by atoms with Crippen molar-refractivity contribution >= 4 is 61.3 Å². The lowest BCUT2D eigenvalue weighted by atomic mass is 9.97.